The number of hydrogen-bond donors (Lipinski definition) is 0. The summed E-state index contributed by atoms with van der Waals surface area (Å²) < 4.78 is 20.4. The molecule has 1 aliphatic heterocycles. The van der Waals surface area contributed by atoms with Gasteiger partial charge in [0.15, 0.2) is 0 Å². The van der Waals surface area contributed by atoms with Gasteiger partial charge < -0.3 is 9.64 Å². The Morgan fingerprint density at radius 3 is 2.47 bits per heavy atom. The largest absolute Gasteiger partial charge is 0.377 e. The van der Waals surface area contributed by atoms with E-state index in [1.807, 2.05) is 19.9 Å². The Morgan fingerprint density at radius 1 is 1.03 bits per heavy atom. The normalized spacial score (nSPS) is 16.1. The molecule has 1 atom stereocenters. The number of aromatic nitrogens is 6. The SMILES string of the molecule is Cc1ccc(C(=O)N2CCOCC2Cc2cc(-n3nccn3)ccc2F)c(-n2nccn2)c1C. The number of morpholine rings is 1. The fraction of sp³-hybridized carbons (Fsp3) is 0.292. The van der Waals surface area contributed by atoms with E-state index in [9.17, 15) is 9.18 Å². The summed E-state index contributed by atoms with van der Waals surface area (Å²) in [6.07, 6.45) is 6.59. The van der Waals surface area contributed by atoms with Crippen LogP contribution in [0.3, 0.4) is 0 Å². The Morgan fingerprint density at radius 2 is 1.74 bits per heavy atom. The number of carbonyl (C=O) groups is 1. The van der Waals surface area contributed by atoms with Crippen LogP contribution in [0.2, 0.25) is 0 Å². The Bertz CT molecular complexity index is 1310. The van der Waals surface area contributed by atoms with Crippen LogP contribution in [0.4, 0.5) is 4.39 Å². The zero-order chi connectivity index (χ0) is 23.7. The molecule has 0 N–H and O–H groups in total. The minimum absolute atomic E-state index is 0.158. The first kappa shape index (κ1) is 21.9. The van der Waals surface area contributed by atoms with Crippen molar-refractivity contribution in [1.82, 2.24) is 34.9 Å². The van der Waals surface area contributed by atoms with Crippen molar-refractivity contribution >= 4 is 5.91 Å². The molecule has 0 spiro atoms. The van der Waals surface area contributed by atoms with Gasteiger partial charge in [0.25, 0.3) is 5.91 Å². The van der Waals surface area contributed by atoms with Crippen molar-refractivity contribution in [3.63, 3.8) is 0 Å². The van der Waals surface area contributed by atoms with Gasteiger partial charge in [0.05, 0.1) is 55.3 Å². The maximum Gasteiger partial charge on any atom is 0.256 e. The molecule has 4 aromatic rings. The topological polar surface area (TPSA) is 91.0 Å². The van der Waals surface area contributed by atoms with Gasteiger partial charge in [-0.3, -0.25) is 4.79 Å². The molecule has 1 fully saturated rings. The molecule has 5 rings (SSSR count). The number of nitrogens with zero attached hydrogens (tertiary/aromatic N) is 7. The summed E-state index contributed by atoms with van der Waals surface area (Å²) in [7, 11) is 0. The van der Waals surface area contributed by atoms with Crippen LogP contribution in [0.15, 0.2) is 55.1 Å². The molecule has 9 nitrogen and oxygen atoms in total. The highest BCUT2D eigenvalue weighted by molar-refractivity contribution is 5.98. The monoisotopic (exact) mass is 461 g/mol. The lowest BCUT2D eigenvalue weighted by atomic mass is 9.99. The van der Waals surface area contributed by atoms with Crippen molar-refractivity contribution in [2.24, 2.45) is 0 Å². The van der Waals surface area contributed by atoms with Gasteiger partial charge in [-0.05, 0) is 61.2 Å². The number of hydrogen-bond acceptors (Lipinski definition) is 6. The highest BCUT2D eigenvalue weighted by Gasteiger charge is 2.31. The van der Waals surface area contributed by atoms with Gasteiger partial charge in [-0.1, -0.05) is 6.07 Å². The first-order chi connectivity index (χ1) is 16.5. The van der Waals surface area contributed by atoms with E-state index in [-0.39, 0.29) is 17.8 Å². The van der Waals surface area contributed by atoms with Crippen LogP contribution in [-0.2, 0) is 11.2 Å². The quantitative estimate of drug-likeness (QED) is 0.454. The molecule has 2 aromatic heterocycles. The summed E-state index contributed by atoms with van der Waals surface area (Å²) in [4.78, 5) is 18.5. The molecule has 34 heavy (non-hydrogen) atoms. The number of carbonyl (C=O) groups excluding carboxylic acids is 1. The van der Waals surface area contributed by atoms with E-state index in [1.165, 1.54) is 15.7 Å². The van der Waals surface area contributed by atoms with E-state index in [0.29, 0.717) is 48.7 Å². The van der Waals surface area contributed by atoms with E-state index >= 15 is 0 Å². The minimum atomic E-state index is -0.346. The third-order valence-electron chi connectivity index (χ3n) is 6.17. The van der Waals surface area contributed by atoms with Crippen molar-refractivity contribution in [2.45, 2.75) is 26.3 Å². The molecule has 174 valence electrons. The van der Waals surface area contributed by atoms with Gasteiger partial charge >= 0.3 is 0 Å². The van der Waals surface area contributed by atoms with Crippen LogP contribution < -0.4 is 0 Å². The molecule has 1 saturated heterocycles. The van der Waals surface area contributed by atoms with Gasteiger partial charge in [0.2, 0.25) is 0 Å². The molecule has 1 unspecified atom stereocenters. The highest BCUT2D eigenvalue weighted by Crippen LogP contribution is 2.26. The van der Waals surface area contributed by atoms with Crippen LogP contribution in [0.1, 0.15) is 27.0 Å². The summed E-state index contributed by atoms with van der Waals surface area (Å²) in [5.74, 6) is -0.504. The van der Waals surface area contributed by atoms with Crippen molar-refractivity contribution in [3.05, 3.63) is 83.2 Å². The van der Waals surface area contributed by atoms with Crippen molar-refractivity contribution in [3.8, 4) is 11.4 Å². The predicted molar refractivity (Wildman–Crippen MR) is 121 cm³/mol. The smallest absolute Gasteiger partial charge is 0.256 e. The molecule has 0 aliphatic carbocycles. The Balaban J connectivity index is 1.47. The van der Waals surface area contributed by atoms with E-state index in [1.54, 1.807) is 47.9 Å². The number of halogens is 1. The fourth-order valence-electron chi connectivity index (χ4n) is 4.25. The predicted octanol–water partition coefficient (Wildman–Crippen LogP) is 2.69. The third kappa shape index (κ3) is 4.08. The van der Waals surface area contributed by atoms with Gasteiger partial charge in [0, 0.05) is 6.54 Å². The molecule has 0 bridgehead atoms. The molecule has 10 heteroatoms. The summed E-state index contributed by atoms with van der Waals surface area (Å²) in [5.41, 5.74) is 4.24. The summed E-state index contributed by atoms with van der Waals surface area (Å²) in [6.45, 7) is 5.08. The molecule has 0 radical (unpaired) electrons. The van der Waals surface area contributed by atoms with Crippen LogP contribution in [0.25, 0.3) is 11.4 Å². The summed E-state index contributed by atoms with van der Waals surface area (Å²) in [6, 6.07) is 8.12. The van der Waals surface area contributed by atoms with Crippen LogP contribution >= 0.6 is 0 Å². The lowest BCUT2D eigenvalue weighted by Crippen LogP contribution is -2.50. The zero-order valence-electron chi connectivity index (χ0n) is 18.9. The van der Waals surface area contributed by atoms with Gasteiger partial charge in [-0.2, -0.15) is 30.0 Å². The molecular formula is C24H24FN7O2. The van der Waals surface area contributed by atoms with Gasteiger partial charge in [-0.25, -0.2) is 4.39 Å². The van der Waals surface area contributed by atoms with Crippen LogP contribution in [-0.4, -0.2) is 66.6 Å². The Labute approximate surface area is 195 Å². The Hall–Kier alpha value is -3.92. The first-order valence-electron chi connectivity index (χ1n) is 11.0. The number of benzene rings is 2. The molecule has 0 saturated carbocycles. The summed E-state index contributed by atoms with van der Waals surface area (Å²) >= 11 is 0. The van der Waals surface area contributed by atoms with Gasteiger partial charge in [-0.15, -0.1) is 0 Å². The maximum atomic E-state index is 14.8. The minimum Gasteiger partial charge on any atom is -0.377 e. The number of ether oxygens (including phenoxy) is 1. The van der Waals surface area contributed by atoms with E-state index in [4.69, 9.17) is 4.74 Å². The van der Waals surface area contributed by atoms with Gasteiger partial charge in [0.1, 0.15) is 11.5 Å². The zero-order valence-corrected chi connectivity index (χ0v) is 18.9. The fourth-order valence-corrected chi connectivity index (χ4v) is 4.25. The maximum absolute atomic E-state index is 14.8. The van der Waals surface area contributed by atoms with Crippen molar-refractivity contribution in [2.75, 3.05) is 19.8 Å². The molecule has 1 amide bonds. The molecule has 2 aromatic carbocycles. The molecule has 3 heterocycles. The number of rotatable bonds is 5. The average molecular weight is 462 g/mol. The van der Waals surface area contributed by atoms with Crippen LogP contribution in [0, 0.1) is 19.7 Å². The lowest BCUT2D eigenvalue weighted by Gasteiger charge is -2.36. The third-order valence-corrected chi connectivity index (χ3v) is 6.17. The number of aryl methyl sites for hydroxylation is 1. The molecular weight excluding hydrogens is 437 g/mol. The second-order valence-electron chi connectivity index (χ2n) is 8.25. The molecule has 1 aliphatic rings. The standard InChI is InChI=1S/C24H24FN7O2/c1-16-3-5-21(23(17(16)2)32-28-9-10-29-32)24(33)30-11-12-34-15-20(30)14-18-13-19(4-6-22(18)25)31-26-7-8-27-31/h3-10,13,20H,11-12,14-15H2,1-2H3. The second kappa shape index (κ2) is 9.14. The number of amides is 1. The summed E-state index contributed by atoms with van der Waals surface area (Å²) in [5, 5.41) is 16.7. The highest BCUT2D eigenvalue weighted by atomic mass is 19.1. The van der Waals surface area contributed by atoms with Crippen LogP contribution in [0.5, 0.6) is 0 Å². The van der Waals surface area contributed by atoms with Crippen molar-refractivity contribution < 1.29 is 13.9 Å². The van der Waals surface area contributed by atoms with Crippen molar-refractivity contribution in [1.29, 1.82) is 0 Å². The second-order valence-corrected chi connectivity index (χ2v) is 8.25. The first-order valence-corrected chi connectivity index (χ1v) is 11.0. The Kier molecular flexibility index (Phi) is 5.89. The van der Waals surface area contributed by atoms with E-state index in [0.717, 1.165) is 11.1 Å². The average Bonchev–Trinajstić information content (AvgIpc) is 3.57. The van der Waals surface area contributed by atoms with E-state index < -0.39 is 0 Å². The van der Waals surface area contributed by atoms with E-state index in [2.05, 4.69) is 20.4 Å². The lowest BCUT2D eigenvalue weighted by molar-refractivity contribution is -0.00186.